The standard InChI is InChI=1S/C16H20F3NO3/c1-10-13(9-20(10)14(21)23-15(2,3)4)11-5-7-12(8-6-11)22-16(17,18)19/h5-8,10,13H,9H2,1-4H3. The monoisotopic (exact) mass is 331 g/mol. The molecule has 1 aliphatic rings. The van der Waals surface area contributed by atoms with Gasteiger partial charge in [-0.2, -0.15) is 0 Å². The van der Waals surface area contributed by atoms with Crippen LogP contribution in [0.2, 0.25) is 0 Å². The largest absolute Gasteiger partial charge is 0.573 e. The maximum absolute atomic E-state index is 12.1. The number of hydrogen-bond donors (Lipinski definition) is 0. The van der Waals surface area contributed by atoms with Crippen molar-refractivity contribution in [2.24, 2.45) is 0 Å². The summed E-state index contributed by atoms with van der Waals surface area (Å²) in [6, 6.07) is 5.68. The van der Waals surface area contributed by atoms with Crippen LogP contribution in [-0.4, -0.2) is 35.5 Å². The fourth-order valence-corrected chi connectivity index (χ4v) is 2.47. The van der Waals surface area contributed by atoms with E-state index in [-0.39, 0.29) is 23.8 Å². The molecule has 1 saturated heterocycles. The Hall–Kier alpha value is -1.92. The molecule has 0 spiro atoms. The Bertz CT molecular complexity index is 563. The van der Waals surface area contributed by atoms with Gasteiger partial charge in [-0.1, -0.05) is 12.1 Å². The van der Waals surface area contributed by atoms with E-state index in [1.54, 1.807) is 37.8 Å². The van der Waals surface area contributed by atoms with Gasteiger partial charge in [0.25, 0.3) is 0 Å². The maximum atomic E-state index is 12.1. The Balaban J connectivity index is 1.96. The molecule has 2 rings (SSSR count). The van der Waals surface area contributed by atoms with Crippen LogP contribution in [0.5, 0.6) is 5.75 Å². The Morgan fingerprint density at radius 3 is 2.17 bits per heavy atom. The summed E-state index contributed by atoms with van der Waals surface area (Å²) < 4.78 is 45.6. The lowest BCUT2D eigenvalue weighted by molar-refractivity contribution is -0.274. The Morgan fingerprint density at radius 1 is 1.17 bits per heavy atom. The average molecular weight is 331 g/mol. The lowest BCUT2D eigenvalue weighted by Gasteiger charge is -2.46. The minimum absolute atomic E-state index is 0.0702. The van der Waals surface area contributed by atoms with E-state index >= 15 is 0 Å². The Kier molecular flexibility index (Phi) is 4.50. The summed E-state index contributed by atoms with van der Waals surface area (Å²) in [4.78, 5) is 13.6. The lowest BCUT2D eigenvalue weighted by Crippen LogP contribution is -2.56. The summed E-state index contributed by atoms with van der Waals surface area (Å²) in [5, 5.41) is 0. The molecule has 1 aromatic carbocycles. The average Bonchev–Trinajstić information content (AvgIpc) is 2.35. The van der Waals surface area contributed by atoms with Gasteiger partial charge < -0.3 is 14.4 Å². The van der Waals surface area contributed by atoms with Crippen molar-refractivity contribution in [3.05, 3.63) is 29.8 Å². The van der Waals surface area contributed by atoms with E-state index in [1.807, 2.05) is 6.92 Å². The molecule has 128 valence electrons. The number of amides is 1. The van der Waals surface area contributed by atoms with Crippen LogP contribution in [0.1, 0.15) is 39.2 Å². The molecular weight excluding hydrogens is 311 g/mol. The van der Waals surface area contributed by atoms with Crippen molar-refractivity contribution in [1.29, 1.82) is 0 Å². The van der Waals surface area contributed by atoms with E-state index in [0.29, 0.717) is 6.54 Å². The van der Waals surface area contributed by atoms with Crippen molar-refractivity contribution < 1.29 is 27.4 Å². The first-order chi connectivity index (χ1) is 10.5. The predicted octanol–water partition coefficient (Wildman–Crippen LogP) is 4.31. The number of halogens is 3. The second kappa shape index (κ2) is 5.94. The molecule has 0 N–H and O–H groups in total. The van der Waals surface area contributed by atoms with Crippen LogP contribution >= 0.6 is 0 Å². The van der Waals surface area contributed by atoms with Gasteiger partial charge in [-0.15, -0.1) is 13.2 Å². The number of ether oxygens (including phenoxy) is 2. The third-order valence-corrected chi connectivity index (χ3v) is 3.64. The van der Waals surface area contributed by atoms with Crippen molar-refractivity contribution in [2.75, 3.05) is 6.54 Å². The predicted molar refractivity (Wildman–Crippen MR) is 78.3 cm³/mol. The zero-order valence-electron chi connectivity index (χ0n) is 13.5. The number of benzene rings is 1. The van der Waals surface area contributed by atoms with Gasteiger partial charge in [0, 0.05) is 18.5 Å². The summed E-state index contributed by atoms with van der Waals surface area (Å²) in [6.07, 6.45) is -5.07. The summed E-state index contributed by atoms with van der Waals surface area (Å²) in [7, 11) is 0. The normalized spacial score (nSPS) is 21.6. The van der Waals surface area contributed by atoms with Crippen molar-refractivity contribution in [2.45, 2.75) is 51.6 Å². The number of hydrogen-bond acceptors (Lipinski definition) is 3. The van der Waals surface area contributed by atoms with Crippen LogP contribution in [0.3, 0.4) is 0 Å². The zero-order valence-corrected chi connectivity index (χ0v) is 13.5. The molecule has 1 amide bonds. The molecule has 0 aliphatic carbocycles. The molecule has 23 heavy (non-hydrogen) atoms. The highest BCUT2D eigenvalue weighted by Gasteiger charge is 2.41. The summed E-state index contributed by atoms with van der Waals surface area (Å²) >= 11 is 0. The van der Waals surface area contributed by atoms with Crippen LogP contribution in [0.4, 0.5) is 18.0 Å². The van der Waals surface area contributed by atoms with Gasteiger partial charge in [0.2, 0.25) is 0 Å². The molecule has 2 unspecified atom stereocenters. The molecule has 0 radical (unpaired) electrons. The first kappa shape index (κ1) is 17.4. The van der Waals surface area contributed by atoms with E-state index < -0.39 is 12.0 Å². The maximum Gasteiger partial charge on any atom is 0.573 e. The van der Waals surface area contributed by atoms with E-state index in [1.165, 1.54) is 12.1 Å². The molecule has 2 atom stereocenters. The van der Waals surface area contributed by atoms with Crippen molar-refractivity contribution in [3.8, 4) is 5.75 Å². The molecule has 1 aliphatic heterocycles. The second-order valence-electron chi connectivity index (χ2n) is 6.60. The van der Waals surface area contributed by atoms with Crippen LogP contribution in [0.25, 0.3) is 0 Å². The molecule has 0 aromatic heterocycles. The summed E-state index contributed by atoms with van der Waals surface area (Å²) in [5.74, 6) is -0.181. The van der Waals surface area contributed by atoms with Gasteiger partial charge in [-0.3, -0.25) is 0 Å². The van der Waals surface area contributed by atoms with Crippen LogP contribution in [0, 0.1) is 0 Å². The fraction of sp³-hybridized carbons (Fsp3) is 0.562. The summed E-state index contributed by atoms with van der Waals surface area (Å²) in [5.41, 5.74) is 0.310. The Labute approximate surface area is 133 Å². The van der Waals surface area contributed by atoms with Crippen molar-refractivity contribution >= 4 is 6.09 Å². The number of carbonyl (C=O) groups excluding carboxylic acids is 1. The van der Waals surface area contributed by atoms with Gasteiger partial charge >= 0.3 is 12.5 Å². The highest BCUT2D eigenvalue weighted by atomic mass is 19.4. The highest BCUT2D eigenvalue weighted by Crippen LogP contribution is 2.36. The minimum atomic E-state index is -4.70. The number of likely N-dealkylation sites (tertiary alicyclic amines) is 1. The third kappa shape index (κ3) is 4.53. The van der Waals surface area contributed by atoms with Crippen LogP contribution in [0.15, 0.2) is 24.3 Å². The van der Waals surface area contributed by atoms with Gasteiger partial charge in [0.05, 0.1) is 0 Å². The van der Waals surface area contributed by atoms with E-state index in [4.69, 9.17) is 4.74 Å². The van der Waals surface area contributed by atoms with E-state index in [0.717, 1.165) is 5.56 Å². The van der Waals surface area contributed by atoms with Gasteiger partial charge in [0.15, 0.2) is 0 Å². The molecule has 4 nitrogen and oxygen atoms in total. The number of carbonyl (C=O) groups is 1. The molecule has 1 aromatic rings. The second-order valence-corrected chi connectivity index (χ2v) is 6.60. The molecule has 1 fully saturated rings. The number of rotatable bonds is 2. The molecular formula is C16H20F3NO3. The van der Waals surface area contributed by atoms with Gasteiger partial charge in [0.1, 0.15) is 11.4 Å². The smallest absolute Gasteiger partial charge is 0.444 e. The number of nitrogens with zero attached hydrogens (tertiary/aromatic N) is 1. The van der Waals surface area contributed by atoms with Gasteiger partial charge in [-0.25, -0.2) is 4.79 Å². The van der Waals surface area contributed by atoms with Crippen molar-refractivity contribution in [1.82, 2.24) is 4.90 Å². The number of alkyl halides is 3. The Morgan fingerprint density at radius 2 is 1.74 bits per heavy atom. The van der Waals surface area contributed by atoms with E-state index in [9.17, 15) is 18.0 Å². The SMILES string of the molecule is CC1C(c2ccc(OC(F)(F)F)cc2)CN1C(=O)OC(C)(C)C. The lowest BCUT2D eigenvalue weighted by atomic mass is 9.84. The first-order valence-electron chi connectivity index (χ1n) is 7.31. The highest BCUT2D eigenvalue weighted by molar-refractivity contribution is 5.70. The summed E-state index contributed by atoms with van der Waals surface area (Å²) in [6.45, 7) is 7.76. The zero-order chi connectivity index (χ0) is 17.4. The molecule has 0 bridgehead atoms. The molecule has 7 heteroatoms. The third-order valence-electron chi connectivity index (χ3n) is 3.64. The molecule has 0 saturated carbocycles. The topological polar surface area (TPSA) is 38.8 Å². The molecule has 1 heterocycles. The minimum Gasteiger partial charge on any atom is -0.444 e. The van der Waals surface area contributed by atoms with Crippen LogP contribution < -0.4 is 4.74 Å². The quantitative estimate of drug-likeness (QED) is 0.811. The van der Waals surface area contributed by atoms with Crippen LogP contribution in [-0.2, 0) is 4.74 Å². The van der Waals surface area contributed by atoms with Crippen molar-refractivity contribution in [3.63, 3.8) is 0 Å². The fourth-order valence-electron chi connectivity index (χ4n) is 2.47. The van der Waals surface area contributed by atoms with Gasteiger partial charge in [-0.05, 0) is 45.4 Å². The van der Waals surface area contributed by atoms with E-state index in [2.05, 4.69) is 4.74 Å². The first-order valence-corrected chi connectivity index (χ1v) is 7.31.